The van der Waals surface area contributed by atoms with Gasteiger partial charge in [-0.3, -0.25) is 32.7 Å². The van der Waals surface area contributed by atoms with E-state index in [4.69, 9.17) is 13.6 Å². The minimum atomic E-state index is -4.12. The number of rotatable bonds is 20. The van der Waals surface area contributed by atoms with E-state index in [9.17, 15) is 28.8 Å². The predicted octanol–water partition coefficient (Wildman–Crippen LogP) is 3.77. The molecule has 2 aromatic carbocycles. The van der Waals surface area contributed by atoms with E-state index in [1.54, 1.807) is 38.1 Å². The fraction of sp³-hybridized carbons (Fsp3) is 0.467. The van der Waals surface area contributed by atoms with Crippen molar-refractivity contribution in [1.29, 1.82) is 0 Å². The topological polar surface area (TPSA) is 167 Å². The van der Waals surface area contributed by atoms with Gasteiger partial charge in [0.1, 0.15) is 6.10 Å². The number of methoxy groups -OCH3 is 1. The molecule has 0 aliphatic rings. The van der Waals surface area contributed by atoms with Crippen LogP contribution < -0.4 is 10.6 Å². The van der Waals surface area contributed by atoms with Gasteiger partial charge in [-0.25, -0.2) is 4.57 Å². The van der Waals surface area contributed by atoms with Crippen LogP contribution in [0.1, 0.15) is 44.2 Å². The maximum Gasteiger partial charge on any atom is 0.475 e. The van der Waals surface area contributed by atoms with Crippen LogP contribution in [0.2, 0.25) is 0 Å². The number of phosphoric acid groups is 1. The summed E-state index contributed by atoms with van der Waals surface area (Å²) in [5.41, 5.74) is 0.307. The Morgan fingerprint density at radius 3 is 1.95 bits per heavy atom. The van der Waals surface area contributed by atoms with Crippen molar-refractivity contribution in [2.75, 3.05) is 32.6 Å². The highest BCUT2D eigenvalue weighted by Crippen LogP contribution is 2.52. The maximum absolute atomic E-state index is 13.5. The SMILES string of the molecule is COC(=O)CCC(=O)SCCNC(=O)CCNC(=O)C(O)C(C)(C)COP(=O)(OCc1ccccc1)OCc1ccccc1. The fourth-order valence-corrected chi connectivity index (χ4v) is 5.47. The first-order valence-corrected chi connectivity index (χ1v) is 16.4. The molecule has 0 heterocycles. The molecule has 242 valence electrons. The van der Waals surface area contributed by atoms with E-state index >= 15 is 0 Å². The number of carbonyl (C=O) groups excluding carboxylic acids is 4. The molecule has 1 unspecified atom stereocenters. The minimum Gasteiger partial charge on any atom is -0.469 e. The summed E-state index contributed by atoms with van der Waals surface area (Å²) in [6.45, 7) is 2.90. The number of phosphoric ester groups is 1. The smallest absolute Gasteiger partial charge is 0.469 e. The second-order valence-corrected chi connectivity index (χ2v) is 13.1. The number of aliphatic hydroxyl groups excluding tert-OH is 1. The quantitative estimate of drug-likeness (QED) is 0.108. The van der Waals surface area contributed by atoms with Crippen LogP contribution >= 0.6 is 19.6 Å². The van der Waals surface area contributed by atoms with Crippen molar-refractivity contribution in [2.24, 2.45) is 5.41 Å². The summed E-state index contributed by atoms with van der Waals surface area (Å²) in [6, 6.07) is 18.2. The highest BCUT2D eigenvalue weighted by Gasteiger charge is 2.38. The van der Waals surface area contributed by atoms with E-state index in [0.29, 0.717) is 5.75 Å². The summed E-state index contributed by atoms with van der Waals surface area (Å²) in [6.07, 6.45) is -1.55. The van der Waals surface area contributed by atoms with Crippen molar-refractivity contribution in [3.63, 3.8) is 0 Å². The van der Waals surface area contributed by atoms with Gasteiger partial charge in [-0.05, 0) is 11.1 Å². The third-order valence-corrected chi connectivity index (χ3v) is 8.42. The number of amides is 2. The highest BCUT2D eigenvalue weighted by molar-refractivity contribution is 8.13. The standard InChI is InChI=1S/C30H41N2O10PS/c1-30(2,28(36)29(37)32-17-16-25(33)31-18-19-44-27(35)15-14-26(34)39-3)22-42-43(38,40-20-23-10-6-4-7-11-23)41-21-24-12-8-5-9-13-24/h4-13,28,36H,14-22H2,1-3H3,(H,31,33)(H,32,37). The van der Waals surface area contributed by atoms with Crippen LogP contribution in [-0.4, -0.2) is 66.7 Å². The number of aliphatic hydroxyl groups is 1. The summed E-state index contributed by atoms with van der Waals surface area (Å²) in [4.78, 5) is 47.5. The molecule has 2 amide bonds. The van der Waals surface area contributed by atoms with Crippen LogP contribution in [0, 0.1) is 5.41 Å². The number of carbonyl (C=O) groups is 4. The first-order chi connectivity index (χ1) is 20.9. The van der Waals surface area contributed by atoms with Gasteiger partial charge in [0, 0.05) is 37.1 Å². The molecule has 0 saturated heterocycles. The Bertz CT molecular complexity index is 1200. The largest absolute Gasteiger partial charge is 0.475 e. The first kappa shape index (κ1) is 37.1. The minimum absolute atomic E-state index is 0.00650. The van der Waals surface area contributed by atoms with Gasteiger partial charge in [-0.15, -0.1) is 0 Å². The Kier molecular flexibility index (Phi) is 16.3. The molecule has 1 atom stereocenters. The monoisotopic (exact) mass is 652 g/mol. The number of hydrogen-bond donors (Lipinski definition) is 3. The highest BCUT2D eigenvalue weighted by atomic mass is 32.2. The molecule has 0 aromatic heterocycles. The Labute approximate surface area is 262 Å². The van der Waals surface area contributed by atoms with Crippen LogP contribution in [-0.2, 0) is 55.3 Å². The van der Waals surface area contributed by atoms with Crippen molar-refractivity contribution >= 4 is 42.5 Å². The molecule has 0 saturated carbocycles. The second kappa shape index (κ2) is 19.4. The van der Waals surface area contributed by atoms with Gasteiger partial charge in [0.15, 0.2) is 5.12 Å². The summed E-state index contributed by atoms with van der Waals surface area (Å²) in [5, 5.41) is 15.7. The Balaban J connectivity index is 1.79. The van der Waals surface area contributed by atoms with Crippen molar-refractivity contribution in [2.45, 2.75) is 52.4 Å². The molecule has 0 bridgehead atoms. The second-order valence-electron chi connectivity index (χ2n) is 10.3. The molecular formula is C30H41N2O10PS. The molecule has 12 nitrogen and oxygen atoms in total. The Hall–Kier alpha value is -3.06. The predicted molar refractivity (Wildman–Crippen MR) is 165 cm³/mol. The van der Waals surface area contributed by atoms with Crippen molar-refractivity contribution in [3.8, 4) is 0 Å². The van der Waals surface area contributed by atoms with Crippen LogP contribution in [0.4, 0.5) is 0 Å². The number of thioether (sulfide) groups is 1. The van der Waals surface area contributed by atoms with Crippen LogP contribution in [0.5, 0.6) is 0 Å². The van der Waals surface area contributed by atoms with Gasteiger partial charge in [0.05, 0.1) is 33.4 Å². The molecule has 0 spiro atoms. The summed E-state index contributed by atoms with van der Waals surface area (Å²) in [5.74, 6) is -1.21. The molecule has 2 aromatic rings. The third-order valence-electron chi connectivity index (χ3n) is 6.15. The zero-order valence-electron chi connectivity index (χ0n) is 25.2. The molecule has 3 N–H and O–H groups in total. The molecule has 0 aliphatic carbocycles. The van der Waals surface area contributed by atoms with E-state index in [1.165, 1.54) is 7.11 Å². The Morgan fingerprint density at radius 1 is 0.841 bits per heavy atom. The molecule has 0 radical (unpaired) electrons. The van der Waals surface area contributed by atoms with Gasteiger partial charge in [0.25, 0.3) is 0 Å². The lowest BCUT2D eigenvalue weighted by atomic mass is 9.87. The van der Waals surface area contributed by atoms with Gasteiger partial charge in [-0.1, -0.05) is 86.3 Å². The normalized spacial score (nSPS) is 12.3. The molecule has 2 rings (SSSR count). The lowest BCUT2D eigenvalue weighted by molar-refractivity contribution is -0.141. The number of hydrogen-bond acceptors (Lipinski definition) is 11. The van der Waals surface area contributed by atoms with Gasteiger partial charge in [0.2, 0.25) is 11.8 Å². The third kappa shape index (κ3) is 14.6. The van der Waals surface area contributed by atoms with E-state index in [2.05, 4.69) is 15.4 Å². The summed E-state index contributed by atoms with van der Waals surface area (Å²) < 4.78 is 34.8. The zero-order valence-corrected chi connectivity index (χ0v) is 26.9. The lowest BCUT2D eigenvalue weighted by Crippen LogP contribution is -2.46. The van der Waals surface area contributed by atoms with E-state index in [0.717, 1.165) is 22.9 Å². The molecule has 0 fully saturated rings. The first-order valence-electron chi connectivity index (χ1n) is 14.0. The zero-order chi connectivity index (χ0) is 32.4. The average molecular weight is 653 g/mol. The number of nitrogens with one attached hydrogen (secondary N) is 2. The van der Waals surface area contributed by atoms with E-state index in [-0.39, 0.29) is 63.2 Å². The van der Waals surface area contributed by atoms with E-state index < -0.39 is 31.2 Å². The van der Waals surface area contributed by atoms with Crippen molar-refractivity contribution in [3.05, 3.63) is 71.8 Å². The molecule has 14 heteroatoms. The average Bonchev–Trinajstić information content (AvgIpc) is 3.03. The number of esters is 1. The van der Waals surface area contributed by atoms with Crippen LogP contribution in [0.15, 0.2) is 60.7 Å². The van der Waals surface area contributed by atoms with Gasteiger partial charge in [-0.2, -0.15) is 0 Å². The van der Waals surface area contributed by atoms with Gasteiger partial charge >= 0.3 is 13.8 Å². The van der Waals surface area contributed by atoms with Crippen LogP contribution in [0.3, 0.4) is 0 Å². The summed E-state index contributed by atoms with van der Waals surface area (Å²) in [7, 11) is -2.87. The van der Waals surface area contributed by atoms with Gasteiger partial charge < -0.3 is 20.5 Å². The van der Waals surface area contributed by atoms with Crippen molar-refractivity contribution < 1.29 is 47.2 Å². The summed E-state index contributed by atoms with van der Waals surface area (Å²) >= 11 is 1.00. The maximum atomic E-state index is 13.5. The lowest BCUT2D eigenvalue weighted by Gasteiger charge is -2.30. The van der Waals surface area contributed by atoms with Crippen LogP contribution in [0.25, 0.3) is 0 Å². The number of ether oxygens (including phenoxy) is 1. The molecule has 0 aliphatic heterocycles. The van der Waals surface area contributed by atoms with Crippen molar-refractivity contribution in [1.82, 2.24) is 10.6 Å². The molecule has 44 heavy (non-hydrogen) atoms. The van der Waals surface area contributed by atoms with E-state index in [1.807, 2.05) is 36.4 Å². The molecular weight excluding hydrogens is 611 g/mol. The number of benzene rings is 2. The fourth-order valence-electron chi connectivity index (χ4n) is 3.46. The Morgan fingerprint density at radius 2 is 1.41 bits per heavy atom.